The van der Waals surface area contributed by atoms with Gasteiger partial charge in [-0.05, 0) is 47.7 Å². The molecule has 0 aromatic heterocycles. The molecule has 2 aromatic carbocycles. The Balaban J connectivity index is 1.54. The summed E-state index contributed by atoms with van der Waals surface area (Å²) in [5.74, 6) is 0.344. The number of amides is 1. The van der Waals surface area contributed by atoms with Crippen molar-refractivity contribution in [3.05, 3.63) is 64.7 Å². The third-order valence-electron chi connectivity index (χ3n) is 4.86. The molecule has 0 bridgehead atoms. The number of fused-ring (bicyclic) bond motifs is 1. The molecule has 3 rings (SSSR count). The minimum absolute atomic E-state index is 0.172. The Labute approximate surface area is 181 Å². The van der Waals surface area contributed by atoms with E-state index in [0.29, 0.717) is 23.0 Å². The standard InChI is InChI=1S/C24H24N2O5/c1-15(2)18-6-4-17(5-7-18)10-20(12-25)24(28)29-13-23(27)26-16(3)19-8-9-21-22(11-19)31-14-30-21/h4-11,15-16H,13-14H2,1-3H3,(H,26,27)/b20-10+/t16-/m0/s1. The van der Waals surface area contributed by atoms with Gasteiger partial charge in [0.25, 0.3) is 5.91 Å². The number of hydrogen-bond donors (Lipinski definition) is 1. The highest BCUT2D eigenvalue weighted by molar-refractivity contribution is 5.98. The molecule has 1 N–H and O–H groups in total. The predicted molar refractivity (Wildman–Crippen MR) is 114 cm³/mol. The monoisotopic (exact) mass is 420 g/mol. The van der Waals surface area contributed by atoms with E-state index in [2.05, 4.69) is 19.2 Å². The van der Waals surface area contributed by atoms with E-state index in [4.69, 9.17) is 14.2 Å². The van der Waals surface area contributed by atoms with E-state index >= 15 is 0 Å². The Kier molecular flexibility index (Phi) is 6.93. The van der Waals surface area contributed by atoms with Gasteiger partial charge in [-0.3, -0.25) is 4.79 Å². The second kappa shape index (κ2) is 9.81. The predicted octanol–water partition coefficient (Wildman–Crippen LogP) is 3.87. The molecule has 0 unspecified atom stereocenters. The van der Waals surface area contributed by atoms with Gasteiger partial charge in [-0.2, -0.15) is 5.26 Å². The highest BCUT2D eigenvalue weighted by Crippen LogP contribution is 2.34. The van der Waals surface area contributed by atoms with Crippen molar-refractivity contribution in [2.24, 2.45) is 0 Å². The van der Waals surface area contributed by atoms with Crippen LogP contribution >= 0.6 is 0 Å². The number of nitriles is 1. The van der Waals surface area contributed by atoms with Crippen LogP contribution in [-0.4, -0.2) is 25.3 Å². The highest BCUT2D eigenvalue weighted by Gasteiger charge is 2.18. The van der Waals surface area contributed by atoms with Crippen LogP contribution in [-0.2, 0) is 14.3 Å². The number of esters is 1. The molecule has 0 fully saturated rings. The molecule has 2 aromatic rings. The van der Waals surface area contributed by atoms with Crippen molar-refractivity contribution in [2.45, 2.75) is 32.7 Å². The van der Waals surface area contributed by atoms with Crippen LogP contribution in [0.1, 0.15) is 49.4 Å². The summed E-state index contributed by atoms with van der Waals surface area (Å²) >= 11 is 0. The summed E-state index contributed by atoms with van der Waals surface area (Å²) in [7, 11) is 0. The molecule has 1 atom stereocenters. The molecule has 0 saturated heterocycles. The van der Waals surface area contributed by atoms with Gasteiger partial charge in [0.2, 0.25) is 6.79 Å². The van der Waals surface area contributed by atoms with E-state index in [1.54, 1.807) is 19.1 Å². The number of benzene rings is 2. The normalized spacial score (nSPS) is 13.5. The van der Waals surface area contributed by atoms with Crippen LogP contribution in [0, 0.1) is 11.3 Å². The Morgan fingerprint density at radius 2 is 1.77 bits per heavy atom. The molecule has 0 spiro atoms. The molecule has 7 nitrogen and oxygen atoms in total. The second-order valence-electron chi connectivity index (χ2n) is 7.47. The maximum Gasteiger partial charge on any atom is 0.349 e. The summed E-state index contributed by atoms with van der Waals surface area (Å²) in [4.78, 5) is 24.4. The van der Waals surface area contributed by atoms with E-state index in [9.17, 15) is 14.9 Å². The first-order valence-electron chi connectivity index (χ1n) is 9.95. The Morgan fingerprint density at radius 1 is 1.10 bits per heavy atom. The minimum atomic E-state index is -0.846. The summed E-state index contributed by atoms with van der Waals surface area (Å²) in [6.45, 7) is 5.66. The van der Waals surface area contributed by atoms with Crippen LogP contribution in [0.3, 0.4) is 0 Å². The molecule has 7 heteroatoms. The Morgan fingerprint density at radius 3 is 2.45 bits per heavy atom. The molecule has 0 radical (unpaired) electrons. The summed E-state index contributed by atoms with van der Waals surface area (Å²) in [5.41, 5.74) is 2.52. The first-order valence-corrected chi connectivity index (χ1v) is 9.95. The van der Waals surface area contributed by atoms with Crippen LogP contribution in [0.2, 0.25) is 0 Å². The quantitative estimate of drug-likeness (QED) is 0.415. The minimum Gasteiger partial charge on any atom is -0.454 e. The van der Waals surface area contributed by atoms with Gasteiger partial charge >= 0.3 is 5.97 Å². The van der Waals surface area contributed by atoms with Gasteiger partial charge in [-0.25, -0.2) is 4.79 Å². The van der Waals surface area contributed by atoms with Crippen LogP contribution in [0.4, 0.5) is 0 Å². The third-order valence-corrected chi connectivity index (χ3v) is 4.86. The van der Waals surface area contributed by atoms with Crippen molar-refractivity contribution in [2.75, 3.05) is 13.4 Å². The van der Waals surface area contributed by atoms with Crippen molar-refractivity contribution in [3.63, 3.8) is 0 Å². The smallest absolute Gasteiger partial charge is 0.349 e. The van der Waals surface area contributed by atoms with Crippen molar-refractivity contribution < 1.29 is 23.8 Å². The van der Waals surface area contributed by atoms with Crippen molar-refractivity contribution in [1.29, 1.82) is 5.26 Å². The fraction of sp³-hybridized carbons (Fsp3) is 0.292. The number of rotatable bonds is 7. The van der Waals surface area contributed by atoms with Gasteiger partial charge in [0, 0.05) is 0 Å². The number of nitrogens with one attached hydrogen (secondary N) is 1. The maximum absolute atomic E-state index is 12.2. The highest BCUT2D eigenvalue weighted by atomic mass is 16.7. The number of carbonyl (C=O) groups is 2. The number of ether oxygens (including phenoxy) is 3. The Bertz CT molecular complexity index is 1030. The van der Waals surface area contributed by atoms with E-state index in [1.165, 1.54) is 6.08 Å². The first-order chi connectivity index (χ1) is 14.9. The molecule has 1 aliphatic heterocycles. The zero-order valence-electron chi connectivity index (χ0n) is 17.7. The van der Waals surface area contributed by atoms with Crippen LogP contribution in [0.5, 0.6) is 11.5 Å². The molecule has 1 heterocycles. The van der Waals surface area contributed by atoms with Crippen molar-refractivity contribution >= 4 is 18.0 Å². The molecule has 1 aliphatic rings. The van der Waals surface area contributed by atoms with E-state index < -0.39 is 18.5 Å². The maximum atomic E-state index is 12.2. The molecule has 0 saturated carbocycles. The van der Waals surface area contributed by atoms with Gasteiger partial charge in [0.15, 0.2) is 18.1 Å². The summed E-state index contributed by atoms with van der Waals surface area (Å²) < 4.78 is 15.6. The average molecular weight is 420 g/mol. The fourth-order valence-electron chi connectivity index (χ4n) is 3.04. The summed E-state index contributed by atoms with van der Waals surface area (Å²) in [6, 6.07) is 14.5. The van der Waals surface area contributed by atoms with Crippen LogP contribution in [0.25, 0.3) is 6.08 Å². The van der Waals surface area contributed by atoms with E-state index in [-0.39, 0.29) is 18.4 Å². The zero-order chi connectivity index (χ0) is 22.4. The van der Waals surface area contributed by atoms with Gasteiger partial charge in [-0.1, -0.05) is 44.2 Å². The first kappa shape index (κ1) is 21.9. The molecule has 31 heavy (non-hydrogen) atoms. The number of carbonyl (C=O) groups excluding carboxylic acids is 2. The van der Waals surface area contributed by atoms with Crippen molar-refractivity contribution in [1.82, 2.24) is 5.32 Å². The summed E-state index contributed by atoms with van der Waals surface area (Å²) in [6.07, 6.45) is 1.44. The lowest BCUT2D eigenvalue weighted by Gasteiger charge is -2.15. The third kappa shape index (κ3) is 5.64. The molecular formula is C24H24N2O5. The zero-order valence-corrected chi connectivity index (χ0v) is 17.7. The van der Waals surface area contributed by atoms with Crippen molar-refractivity contribution in [3.8, 4) is 17.6 Å². The lowest BCUT2D eigenvalue weighted by molar-refractivity contribution is -0.144. The average Bonchev–Trinajstić information content (AvgIpc) is 3.24. The second-order valence-corrected chi connectivity index (χ2v) is 7.47. The lowest BCUT2D eigenvalue weighted by Crippen LogP contribution is -2.31. The lowest BCUT2D eigenvalue weighted by atomic mass is 10.0. The van der Waals surface area contributed by atoms with Gasteiger partial charge in [0.05, 0.1) is 6.04 Å². The van der Waals surface area contributed by atoms with Gasteiger partial charge < -0.3 is 19.5 Å². The van der Waals surface area contributed by atoms with E-state index in [1.807, 2.05) is 36.4 Å². The van der Waals surface area contributed by atoms with E-state index in [0.717, 1.165) is 11.1 Å². The molecule has 0 aliphatic carbocycles. The summed E-state index contributed by atoms with van der Waals surface area (Å²) in [5, 5.41) is 12.0. The molecule has 1 amide bonds. The van der Waals surface area contributed by atoms with Crippen LogP contribution < -0.4 is 14.8 Å². The SMILES string of the molecule is CC(C)c1ccc(/C=C(\C#N)C(=O)OCC(=O)N[C@@H](C)c2ccc3c(c2)OCO3)cc1. The Hall–Kier alpha value is -3.79. The van der Waals surface area contributed by atoms with Gasteiger partial charge in [0.1, 0.15) is 11.6 Å². The fourth-order valence-corrected chi connectivity index (χ4v) is 3.04. The molecule has 160 valence electrons. The number of hydrogen-bond acceptors (Lipinski definition) is 6. The molecular weight excluding hydrogens is 396 g/mol. The van der Waals surface area contributed by atoms with Crippen LogP contribution in [0.15, 0.2) is 48.0 Å². The number of nitrogens with zero attached hydrogens (tertiary/aromatic N) is 1. The topological polar surface area (TPSA) is 97.7 Å². The largest absolute Gasteiger partial charge is 0.454 e. The van der Waals surface area contributed by atoms with Gasteiger partial charge in [-0.15, -0.1) is 0 Å².